The second kappa shape index (κ2) is 10.8. The van der Waals surface area contributed by atoms with E-state index in [1.807, 2.05) is 18.2 Å². The van der Waals surface area contributed by atoms with Crippen molar-refractivity contribution in [3.8, 4) is 0 Å². The monoisotopic (exact) mass is 422 g/mol. The molecule has 2 aromatic rings. The Bertz CT molecular complexity index is 1120. The Morgan fingerprint density at radius 1 is 1.06 bits per heavy atom. The lowest BCUT2D eigenvalue weighted by molar-refractivity contribution is 0.854. The van der Waals surface area contributed by atoms with Crippen molar-refractivity contribution in [1.82, 2.24) is 5.32 Å². The van der Waals surface area contributed by atoms with Crippen LogP contribution in [0, 0.1) is 12.3 Å². The van der Waals surface area contributed by atoms with Gasteiger partial charge in [-0.05, 0) is 78.1 Å². The van der Waals surface area contributed by atoms with Crippen molar-refractivity contribution in [3.05, 3.63) is 119 Å². The van der Waals surface area contributed by atoms with Gasteiger partial charge < -0.3 is 10.7 Å². The zero-order valence-corrected chi connectivity index (χ0v) is 19.7. The van der Waals surface area contributed by atoms with Crippen LogP contribution in [0.3, 0.4) is 0 Å². The minimum absolute atomic E-state index is 0.444. The number of allylic oxidation sites excluding steroid dienone is 8. The van der Waals surface area contributed by atoms with E-state index in [-0.39, 0.29) is 0 Å². The van der Waals surface area contributed by atoms with Gasteiger partial charge >= 0.3 is 0 Å². The fourth-order valence-corrected chi connectivity index (χ4v) is 4.15. The molecule has 2 heteroatoms. The van der Waals surface area contributed by atoms with E-state index in [0.717, 1.165) is 29.7 Å². The summed E-state index contributed by atoms with van der Waals surface area (Å²) in [5.41, 5.74) is 10.8. The van der Waals surface area contributed by atoms with Crippen LogP contribution >= 0.6 is 0 Å². The fraction of sp³-hybridized carbons (Fsp3) is 0.233. The lowest BCUT2D eigenvalue weighted by atomic mass is 9.89. The molecule has 0 atom stereocenters. The average Bonchev–Trinajstić information content (AvgIpc) is 2.81. The molecule has 0 aliphatic heterocycles. The molecule has 3 rings (SSSR count). The molecule has 164 valence electrons. The minimum atomic E-state index is 0.444. The van der Waals surface area contributed by atoms with Crippen molar-refractivity contribution in [3.63, 3.8) is 0 Å². The number of hydrogen-bond acceptors (Lipinski definition) is 2. The maximum Gasteiger partial charge on any atom is 0.0493 e. The topological polar surface area (TPSA) is 35.9 Å². The molecule has 0 amide bonds. The van der Waals surface area contributed by atoms with Gasteiger partial charge in [0.1, 0.15) is 0 Å². The summed E-state index contributed by atoms with van der Waals surface area (Å²) >= 11 is 0. The number of rotatable bonds is 8. The summed E-state index contributed by atoms with van der Waals surface area (Å²) in [7, 11) is 0. The minimum Gasteiger partial charge on any atom is -0.358 e. The number of hydrogen-bond donors (Lipinski definition) is 2. The lowest BCUT2D eigenvalue weighted by Crippen LogP contribution is -2.16. The van der Waals surface area contributed by atoms with Gasteiger partial charge in [0.05, 0.1) is 0 Å². The number of aryl methyl sites for hydroxylation is 1. The van der Waals surface area contributed by atoms with E-state index in [1.54, 1.807) is 0 Å². The zero-order chi connectivity index (χ0) is 23.1. The second-order valence-electron chi connectivity index (χ2n) is 8.61. The predicted octanol–water partition coefficient (Wildman–Crippen LogP) is 7.94. The van der Waals surface area contributed by atoms with Crippen LogP contribution in [-0.4, -0.2) is 6.21 Å². The van der Waals surface area contributed by atoms with Crippen molar-refractivity contribution in [1.29, 1.82) is 5.41 Å². The molecule has 0 heterocycles. The molecular weight excluding hydrogens is 388 g/mol. The van der Waals surface area contributed by atoms with Crippen LogP contribution in [-0.2, 0) is 0 Å². The highest BCUT2D eigenvalue weighted by molar-refractivity contribution is 5.92. The Labute approximate surface area is 193 Å². The smallest absolute Gasteiger partial charge is 0.0493 e. The predicted molar refractivity (Wildman–Crippen MR) is 140 cm³/mol. The molecule has 2 N–H and O–H groups in total. The lowest BCUT2D eigenvalue weighted by Gasteiger charge is -2.23. The summed E-state index contributed by atoms with van der Waals surface area (Å²) in [6.45, 7) is 12.6. The van der Waals surface area contributed by atoms with E-state index in [2.05, 4.69) is 94.2 Å². The average molecular weight is 423 g/mol. The first kappa shape index (κ1) is 23.3. The van der Waals surface area contributed by atoms with Crippen LogP contribution in [0.15, 0.2) is 90.7 Å². The molecular formula is C30H34N2. The van der Waals surface area contributed by atoms with E-state index in [0.29, 0.717) is 5.92 Å². The van der Waals surface area contributed by atoms with Gasteiger partial charge in [0.15, 0.2) is 0 Å². The SMILES string of the molecule is C=C/C=C/C1=CC=C(N/C(=C(/C)c2ccccc2C(C)C)c2ccc(C=N)cc2C)CC1. The third-order valence-corrected chi connectivity index (χ3v) is 5.96. The first-order valence-corrected chi connectivity index (χ1v) is 11.3. The molecule has 2 nitrogen and oxygen atoms in total. The van der Waals surface area contributed by atoms with Crippen LogP contribution in [0.2, 0.25) is 0 Å². The summed E-state index contributed by atoms with van der Waals surface area (Å²) < 4.78 is 0. The van der Waals surface area contributed by atoms with Crippen molar-refractivity contribution < 1.29 is 0 Å². The van der Waals surface area contributed by atoms with Crippen LogP contribution in [0.1, 0.15) is 67.3 Å². The standard InChI is InChI=1S/C30H34N2/c1-6-7-10-24-13-16-26(17-14-24)32-30(28-18-15-25(20-31)19-22(28)4)23(5)29-12-9-8-11-27(29)21(2)3/h6-13,15-16,18-21,31-32H,1,14,17H2,2-5H3/b10-7+,30-23-,31-20?. The van der Waals surface area contributed by atoms with E-state index >= 15 is 0 Å². The quantitative estimate of drug-likeness (QED) is 0.253. The first-order valence-electron chi connectivity index (χ1n) is 11.3. The van der Waals surface area contributed by atoms with Crippen LogP contribution in [0.4, 0.5) is 0 Å². The molecule has 0 unspecified atom stereocenters. The van der Waals surface area contributed by atoms with Crippen molar-refractivity contribution in [2.75, 3.05) is 0 Å². The maximum absolute atomic E-state index is 7.60. The summed E-state index contributed by atoms with van der Waals surface area (Å²) in [5, 5.41) is 11.4. The van der Waals surface area contributed by atoms with Crippen molar-refractivity contribution in [2.24, 2.45) is 0 Å². The third-order valence-electron chi connectivity index (χ3n) is 5.96. The molecule has 1 aliphatic carbocycles. The van der Waals surface area contributed by atoms with Gasteiger partial charge in [-0.3, -0.25) is 0 Å². The molecule has 2 aromatic carbocycles. The third kappa shape index (κ3) is 5.45. The first-order chi connectivity index (χ1) is 15.4. The van der Waals surface area contributed by atoms with Gasteiger partial charge in [-0.15, -0.1) is 0 Å². The molecule has 1 aliphatic rings. The van der Waals surface area contributed by atoms with Gasteiger partial charge in [0.25, 0.3) is 0 Å². The van der Waals surface area contributed by atoms with Crippen LogP contribution < -0.4 is 5.32 Å². The normalized spacial score (nSPS) is 14.7. The summed E-state index contributed by atoms with van der Waals surface area (Å²) in [6, 6.07) is 14.9. The van der Waals surface area contributed by atoms with Gasteiger partial charge in [0.2, 0.25) is 0 Å². The molecule has 0 spiro atoms. The van der Waals surface area contributed by atoms with Gasteiger partial charge in [-0.2, -0.15) is 0 Å². The number of benzene rings is 2. The fourth-order valence-electron chi connectivity index (χ4n) is 4.15. The molecule has 0 saturated heterocycles. The van der Waals surface area contributed by atoms with Gasteiger partial charge in [0, 0.05) is 23.2 Å². The summed E-state index contributed by atoms with van der Waals surface area (Å²) in [5.74, 6) is 0.444. The largest absolute Gasteiger partial charge is 0.358 e. The highest BCUT2D eigenvalue weighted by Crippen LogP contribution is 2.33. The highest BCUT2D eigenvalue weighted by Gasteiger charge is 2.16. The Hall–Kier alpha value is -3.39. The van der Waals surface area contributed by atoms with E-state index in [1.165, 1.54) is 39.7 Å². The maximum atomic E-state index is 7.60. The zero-order valence-electron chi connectivity index (χ0n) is 19.7. The Morgan fingerprint density at radius 2 is 1.84 bits per heavy atom. The molecule has 0 saturated carbocycles. The van der Waals surface area contributed by atoms with E-state index < -0.39 is 0 Å². The van der Waals surface area contributed by atoms with Crippen LogP contribution in [0.5, 0.6) is 0 Å². The molecule has 0 fully saturated rings. The Kier molecular flexibility index (Phi) is 7.83. The van der Waals surface area contributed by atoms with E-state index in [4.69, 9.17) is 5.41 Å². The highest BCUT2D eigenvalue weighted by atomic mass is 14.9. The second-order valence-corrected chi connectivity index (χ2v) is 8.61. The Morgan fingerprint density at radius 3 is 2.47 bits per heavy atom. The van der Waals surface area contributed by atoms with Crippen molar-refractivity contribution >= 4 is 17.5 Å². The van der Waals surface area contributed by atoms with Crippen LogP contribution in [0.25, 0.3) is 11.3 Å². The Balaban J connectivity index is 2.11. The molecule has 0 bridgehead atoms. The molecule has 32 heavy (non-hydrogen) atoms. The summed E-state index contributed by atoms with van der Waals surface area (Å²) in [4.78, 5) is 0. The van der Waals surface area contributed by atoms with Gasteiger partial charge in [-0.1, -0.05) is 81.1 Å². The molecule has 0 aromatic heterocycles. The van der Waals surface area contributed by atoms with E-state index in [9.17, 15) is 0 Å². The number of nitrogens with one attached hydrogen (secondary N) is 2. The van der Waals surface area contributed by atoms with Crippen molar-refractivity contribution in [2.45, 2.75) is 46.5 Å². The van der Waals surface area contributed by atoms with Gasteiger partial charge in [-0.25, -0.2) is 0 Å². The molecule has 0 radical (unpaired) electrons. The summed E-state index contributed by atoms with van der Waals surface area (Å²) in [6.07, 6.45) is 13.7.